The number of rotatable bonds is 5. The van der Waals surface area contributed by atoms with Crippen molar-refractivity contribution in [2.45, 2.75) is 38.1 Å². The molecule has 3 heterocycles. The Morgan fingerprint density at radius 2 is 2.14 bits per heavy atom. The number of para-hydroxylation sites is 1. The summed E-state index contributed by atoms with van der Waals surface area (Å²) in [5, 5.41) is 8.35. The topological polar surface area (TPSA) is 86.3 Å². The van der Waals surface area contributed by atoms with Gasteiger partial charge in [0.05, 0.1) is 31.3 Å². The van der Waals surface area contributed by atoms with Crippen LogP contribution in [0.15, 0.2) is 41.2 Å². The molecule has 0 aliphatic carbocycles. The minimum absolute atomic E-state index is 0.0501. The Morgan fingerprint density at radius 3 is 2.93 bits per heavy atom. The summed E-state index contributed by atoms with van der Waals surface area (Å²) in [5.41, 5.74) is 1.65. The first-order valence-electron chi connectivity index (χ1n) is 9.89. The first-order chi connectivity index (χ1) is 14.2. The van der Waals surface area contributed by atoms with E-state index in [1.54, 1.807) is 18.0 Å². The van der Waals surface area contributed by atoms with Crippen molar-refractivity contribution in [1.82, 2.24) is 24.8 Å². The number of benzene rings is 1. The zero-order chi connectivity index (χ0) is 20.2. The fourth-order valence-corrected chi connectivity index (χ4v) is 3.81. The standard InChI is InChI=1S/C21H25N5O3/c1-25-14-16(13-22-25)21-23-20(24-29-21)17-9-4-3-7-11-26(17)19(27)12-15-8-5-6-10-18(15)28-2/h5-6,8,10,13-14,17H,3-4,7,9,11-12H2,1-2H3/t17-/m0/s1. The number of likely N-dealkylation sites (tertiary alicyclic amines) is 1. The summed E-state index contributed by atoms with van der Waals surface area (Å²) in [6, 6.07) is 7.44. The maximum Gasteiger partial charge on any atom is 0.261 e. The number of carbonyl (C=O) groups excluding carboxylic acids is 1. The second-order valence-electron chi connectivity index (χ2n) is 7.30. The number of methoxy groups -OCH3 is 1. The molecule has 0 unspecified atom stereocenters. The minimum atomic E-state index is -0.186. The predicted octanol–water partition coefficient (Wildman–Crippen LogP) is 3.17. The Labute approximate surface area is 169 Å². The summed E-state index contributed by atoms with van der Waals surface area (Å²) in [6.45, 7) is 0.690. The minimum Gasteiger partial charge on any atom is -0.496 e. The number of amides is 1. The van der Waals surface area contributed by atoms with E-state index in [-0.39, 0.29) is 18.4 Å². The van der Waals surface area contributed by atoms with Crippen LogP contribution < -0.4 is 4.74 Å². The van der Waals surface area contributed by atoms with Gasteiger partial charge in [-0.3, -0.25) is 9.48 Å². The van der Waals surface area contributed by atoms with Crippen LogP contribution in [0.25, 0.3) is 11.5 Å². The molecule has 0 saturated carbocycles. The highest BCUT2D eigenvalue weighted by Crippen LogP contribution is 2.31. The third-order valence-corrected chi connectivity index (χ3v) is 5.30. The average molecular weight is 395 g/mol. The van der Waals surface area contributed by atoms with E-state index in [1.165, 1.54) is 0 Å². The molecule has 3 aromatic rings. The second kappa shape index (κ2) is 8.46. The Morgan fingerprint density at radius 1 is 1.28 bits per heavy atom. The van der Waals surface area contributed by atoms with Crippen LogP contribution >= 0.6 is 0 Å². The molecule has 0 N–H and O–H groups in total. The second-order valence-corrected chi connectivity index (χ2v) is 7.30. The maximum atomic E-state index is 13.2. The average Bonchev–Trinajstić information content (AvgIpc) is 3.31. The number of nitrogens with zero attached hydrogens (tertiary/aromatic N) is 5. The predicted molar refractivity (Wildman–Crippen MR) is 106 cm³/mol. The van der Waals surface area contributed by atoms with Gasteiger partial charge >= 0.3 is 0 Å². The maximum absolute atomic E-state index is 13.2. The van der Waals surface area contributed by atoms with E-state index in [4.69, 9.17) is 9.26 Å². The van der Waals surface area contributed by atoms with Gasteiger partial charge in [0.2, 0.25) is 5.91 Å². The molecule has 1 fully saturated rings. The molecule has 152 valence electrons. The monoisotopic (exact) mass is 395 g/mol. The van der Waals surface area contributed by atoms with Crippen molar-refractivity contribution in [2.75, 3.05) is 13.7 Å². The van der Waals surface area contributed by atoms with Gasteiger partial charge in [-0.25, -0.2) is 0 Å². The van der Waals surface area contributed by atoms with E-state index in [0.717, 1.165) is 42.6 Å². The van der Waals surface area contributed by atoms with Crippen molar-refractivity contribution in [3.8, 4) is 17.2 Å². The van der Waals surface area contributed by atoms with E-state index in [2.05, 4.69) is 15.2 Å². The van der Waals surface area contributed by atoms with E-state index in [1.807, 2.05) is 42.4 Å². The summed E-state index contributed by atoms with van der Waals surface area (Å²) in [6.07, 6.45) is 7.71. The first-order valence-corrected chi connectivity index (χ1v) is 9.89. The smallest absolute Gasteiger partial charge is 0.261 e. The van der Waals surface area contributed by atoms with Gasteiger partial charge in [0, 0.05) is 25.4 Å². The molecule has 8 heteroatoms. The van der Waals surface area contributed by atoms with Gasteiger partial charge in [-0.15, -0.1) is 0 Å². The first kappa shape index (κ1) is 19.2. The van der Waals surface area contributed by atoms with E-state index < -0.39 is 0 Å². The molecular weight excluding hydrogens is 370 g/mol. The van der Waals surface area contributed by atoms with Gasteiger partial charge in [-0.1, -0.05) is 36.2 Å². The Hall–Kier alpha value is -3.16. The van der Waals surface area contributed by atoms with Crippen LogP contribution in [0.5, 0.6) is 5.75 Å². The van der Waals surface area contributed by atoms with E-state index in [9.17, 15) is 4.79 Å². The van der Waals surface area contributed by atoms with Crippen LogP contribution in [0.1, 0.15) is 43.1 Å². The molecule has 29 heavy (non-hydrogen) atoms. The number of hydrogen-bond donors (Lipinski definition) is 0. The SMILES string of the molecule is COc1ccccc1CC(=O)N1CCCCC[C@H]1c1noc(-c2cnn(C)c2)n1. The fourth-order valence-electron chi connectivity index (χ4n) is 3.81. The van der Waals surface area contributed by atoms with Crippen LogP contribution in [0.2, 0.25) is 0 Å². The van der Waals surface area contributed by atoms with Crippen molar-refractivity contribution < 1.29 is 14.1 Å². The van der Waals surface area contributed by atoms with Crippen LogP contribution in [-0.4, -0.2) is 44.4 Å². The van der Waals surface area contributed by atoms with Crippen LogP contribution in [0.4, 0.5) is 0 Å². The van der Waals surface area contributed by atoms with Crippen molar-refractivity contribution >= 4 is 5.91 Å². The molecule has 1 saturated heterocycles. The van der Waals surface area contributed by atoms with Crippen molar-refractivity contribution in [3.05, 3.63) is 48.0 Å². The molecule has 0 radical (unpaired) electrons. The molecule has 1 atom stereocenters. The summed E-state index contributed by atoms with van der Waals surface area (Å²) < 4.78 is 12.6. The highest BCUT2D eigenvalue weighted by molar-refractivity contribution is 5.80. The third-order valence-electron chi connectivity index (χ3n) is 5.30. The highest BCUT2D eigenvalue weighted by Gasteiger charge is 2.31. The molecular formula is C21H25N5O3. The molecule has 1 aromatic carbocycles. The molecule has 1 aliphatic heterocycles. The lowest BCUT2D eigenvalue weighted by molar-refractivity contribution is -0.133. The largest absolute Gasteiger partial charge is 0.496 e. The molecule has 1 amide bonds. The lowest BCUT2D eigenvalue weighted by Gasteiger charge is -2.28. The quantitative estimate of drug-likeness (QED) is 0.660. The molecule has 8 nitrogen and oxygen atoms in total. The summed E-state index contributed by atoms with van der Waals surface area (Å²) >= 11 is 0. The Kier molecular flexibility index (Phi) is 5.59. The summed E-state index contributed by atoms with van der Waals surface area (Å²) in [5.74, 6) is 1.76. The highest BCUT2D eigenvalue weighted by atomic mass is 16.5. The van der Waals surface area contributed by atoms with Crippen LogP contribution in [0.3, 0.4) is 0 Å². The Balaban J connectivity index is 1.57. The molecule has 0 bridgehead atoms. The van der Waals surface area contributed by atoms with E-state index >= 15 is 0 Å². The van der Waals surface area contributed by atoms with Crippen molar-refractivity contribution in [3.63, 3.8) is 0 Å². The third kappa shape index (κ3) is 4.16. The van der Waals surface area contributed by atoms with Crippen molar-refractivity contribution in [2.24, 2.45) is 7.05 Å². The van der Waals surface area contributed by atoms with Gasteiger partial charge in [-0.2, -0.15) is 10.1 Å². The normalized spacial score (nSPS) is 17.2. The van der Waals surface area contributed by atoms with Gasteiger partial charge in [0.15, 0.2) is 5.82 Å². The van der Waals surface area contributed by atoms with E-state index in [0.29, 0.717) is 18.3 Å². The zero-order valence-corrected chi connectivity index (χ0v) is 16.7. The number of hydrogen-bond acceptors (Lipinski definition) is 6. The number of aryl methyl sites for hydroxylation is 1. The van der Waals surface area contributed by atoms with Crippen molar-refractivity contribution in [1.29, 1.82) is 0 Å². The summed E-state index contributed by atoms with van der Waals surface area (Å²) in [7, 11) is 3.46. The molecule has 4 rings (SSSR count). The zero-order valence-electron chi connectivity index (χ0n) is 16.7. The lowest BCUT2D eigenvalue weighted by atomic mass is 10.1. The van der Waals surface area contributed by atoms with Gasteiger partial charge in [0.25, 0.3) is 5.89 Å². The number of aromatic nitrogens is 4. The number of ether oxygens (including phenoxy) is 1. The number of carbonyl (C=O) groups is 1. The van der Waals surface area contributed by atoms with Gasteiger partial charge in [0.1, 0.15) is 5.75 Å². The molecule has 0 spiro atoms. The van der Waals surface area contributed by atoms with Gasteiger partial charge in [-0.05, 0) is 18.9 Å². The fraction of sp³-hybridized carbons (Fsp3) is 0.429. The van der Waals surface area contributed by atoms with Crippen LogP contribution in [-0.2, 0) is 18.3 Å². The lowest BCUT2D eigenvalue weighted by Crippen LogP contribution is -2.36. The summed E-state index contributed by atoms with van der Waals surface area (Å²) in [4.78, 5) is 19.7. The molecule has 1 aliphatic rings. The van der Waals surface area contributed by atoms with Crippen LogP contribution in [0, 0.1) is 0 Å². The Bertz CT molecular complexity index is 980. The van der Waals surface area contributed by atoms with Gasteiger partial charge < -0.3 is 14.2 Å². The molecule has 2 aromatic heterocycles.